The van der Waals surface area contributed by atoms with Crippen molar-refractivity contribution in [3.05, 3.63) is 35.5 Å². The highest BCUT2D eigenvalue weighted by atomic mass is 16.3. The third-order valence-corrected chi connectivity index (χ3v) is 9.05. The first kappa shape index (κ1) is 26.0. The highest BCUT2D eigenvalue weighted by molar-refractivity contribution is 6.27. The van der Waals surface area contributed by atoms with Gasteiger partial charge in [-0.25, -0.2) is 4.79 Å². The van der Waals surface area contributed by atoms with E-state index in [1.807, 2.05) is 12.1 Å². The number of anilines is 2. The van der Waals surface area contributed by atoms with Crippen LogP contribution in [0, 0.1) is 5.41 Å². The van der Waals surface area contributed by atoms with E-state index in [-0.39, 0.29) is 24.1 Å². The van der Waals surface area contributed by atoms with Crippen molar-refractivity contribution in [2.24, 2.45) is 10.4 Å². The van der Waals surface area contributed by atoms with E-state index in [2.05, 4.69) is 15.2 Å². The number of hydrogen-bond acceptors (Lipinski definition) is 7. The average Bonchev–Trinajstić information content (AvgIpc) is 3.45. The van der Waals surface area contributed by atoms with E-state index in [1.54, 1.807) is 6.07 Å². The maximum absolute atomic E-state index is 13.6. The Morgan fingerprint density at radius 3 is 2.38 bits per heavy atom. The van der Waals surface area contributed by atoms with Crippen molar-refractivity contribution in [3.63, 3.8) is 0 Å². The Morgan fingerprint density at radius 1 is 0.975 bits per heavy atom. The molecule has 40 heavy (non-hydrogen) atoms. The molecule has 0 bridgehead atoms. The molecule has 6 rings (SSSR count). The number of rotatable bonds is 3. The van der Waals surface area contributed by atoms with E-state index >= 15 is 0 Å². The molecular weight excluding hydrogens is 516 g/mol. The average molecular weight is 549 g/mol. The number of imide groups is 2. The number of benzene rings is 1. The summed E-state index contributed by atoms with van der Waals surface area (Å²) < 4.78 is 0. The van der Waals surface area contributed by atoms with Gasteiger partial charge in [0.25, 0.3) is 17.8 Å². The van der Waals surface area contributed by atoms with E-state index in [0.717, 1.165) is 59.6 Å². The molecule has 2 saturated heterocycles. The smallest absolute Gasteiger partial charge is 0.332 e. The summed E-state index contributed by atoms with van der Waals surface area (Å²) in [5.41, 5.74) is 0.616. The van der Waals surface area contributed by atoms with Gasteiger partial charge in [-0.15, -0.1) is 0 Å². The van der Waals surface area contributed by atoms with Crippen LogP contribution >= 0.6 is 0 Å². The first-order valence-corrected chi connectivity index (χ1v) is 13.8. The molecule has 1 saturated carbocycles. The van der Waals surface area contributed by atoms with E-state index in [0.29, 0.717) is 18.7 Å². The minimum absolute atomic E-state index is 0.126. The molecule has 210 valence electrons. The monoisotopic (exact) mass is 548 g/mol. The number of aliphatic imine (C=N–C) groups is 1. The molecule has 4 aliphatic heterocycles. The zero-order valence-corrected chi connectivity index (χ0v) is 22.6. The lowest BCUT2D eigenvalue weighted by Crippen LogP contribution is -2.70. The van der Waals surface area contributed by atoms with Gasteiger partial charge in [-0.05, 0) is 55.9 Å². The molecular formula is C28H32N6O6. The number of carbonyl (C=O) groups excluding carboxylic acids is 5. The Morgan fingerprint density at radius 2 is 1.68 bits per heavy atom. The van der Waals surface area contributed by atoms with Gasteiger partial charge in [0.1, 0.15) is 5.57 Å². The molecule has 6 amide bonds. The quantitative estimate of drug-likeness (QED) is 0.332. The Bertz CT molecular complexity index is 1370. The minimum Gasteiger partial charge on any atom is -0.480 e. The van der Waals surface area contributed by atoms with Crippen LogP contribution in [-0.2, 0) is 25.6 Å². The second-order valence-corrected chi connectivity index (χ2v) is 11.2. The normalized spacial score (nSPS) is 26.1. The summed E-state index contributed by atoms with van der Waals surface area (Å²) in [7, 11) is 2.81. The molecule has 12 nitrogen and oxygen atoms in total. The molecule has 12 heteroatoms. The van der Waals surface area contributed by atoms with E-state index in [1.165, 1.54) is 25.2 Å². The summed E-state index contributed by atoms with van der Waals surface area (Å²) in [5.74, 6) is -2.42. The van der Waals surface area contributed by atoms with Gasteiger partial charge in [0.2, 0.25) is 11.8 Å². The molecule has 1 atom stereocenters. The lowest BCUT2D eigenvalue weighted by atomic mass is 9.68. The van der Waals surface area contributed by atoms with Crippen molar-refractivity contribution in [1.82, 2.24) is 14.7 Å². The number of barbiturate groups is 1. The number of carbonyl (C=O) groups is 5. The predicted molar refractivity (Wildman–Crippen MR) is 144 cm³/mol. The first-order valence-electron chi connectivity index (χ1n) is 13.8. The van der Waals surface area contributed by atoms with Crippen LogP contribution < -0.4 is 10.2 Å². The number of hydrogen-bond donors (Lipinski definition) is 2. The third-order valence-electron chi connectivity index (χ3n) is 9.05. The van der Waals surface area contributed by atoms with Gasteiger partial charge in [-0.1, -0.05) is 19.3 Å². The topological polar surface area (TPSA) is 143 Å². The number of urea groups is 1. The lowest BCUT2D eigenvalue weighted by Gasteiger charge is -2.50. The number of nitrogens with one attached hydrogen (secondary N) is 1. The maximum atomic E-state index is 13.6. The molecule has 1 aliphatic carbocycles. The van der Waals surface area contributed by atoms with Crippen molar-refractivity contribution < 1.29 is 29.1 Å². The molecule has 0 radical (unpaired) electrons. The highest BCUT2D eigenvalue weighted by Crippen LogP contribution is 2.49. The van der Waals surface area contributed by atoms with Crippen LogP contribution in [0.1, 0.15) is 50.5 Å². The van der Waals surface area contributed by atoms with Crippen LogP contribution in [0.15, 0.2) is 35.0 Å². The zero-order valence-electron chi connectivity index (χ0n) is 22.6. The summed E-state index contributed by atoms with van der Waals surface area (Å²) in [4.78, 5) is 74.5. The van der Waals surface area contributed by atoms with Crippen molar-refractivity contribution in [3.8, 4) is 0 Å². The fraction of sp³-hybridized carbons (Fsp3) is 0.500. The first-order chi connectivity index (χ1) is 19.1. The molecule has 1 aromatic carbocycles. The third kappa shape index (κ3) is 3.72. The molecule has 1 unspecified atom stereocenters. The van der Waals surface area contributed by atoms with Crippen LogP contribution in [0.5, 0.6) is 0 Å². The molecule has 0 aromatic heterocycles. The maximum Gasteiger partial charge on any atom is 0.332 e. The SMILES string of the molecule is CN1C(=O)N(C)C(=O)C2(Cc3cc(N/C=C4\C(=O)N=C(O)N(C5CCCCC5)C4=O)ccc3N3CCCC32)C1=O. The highest BCUT2D eigenvalue weighted by Gasteiger charge is 2.63. The standard InChI is InChI=1S/C28H32N6O6/c1-31-24(37)28(25(38)32(2)27(31)40)14-16-13-17(10-11-20(16)33-12-6-9-21(28)33)29-15-19-22(35)30-26(39)34(23(19)36)18-7-4-3-5-8-18/h10-11,13,15,18,21,29H,3-9,12,14H2,1-2H3,(H,30,35,39)/b19-15+. The van der Waals surface area contributed by atoms with Gasteiger partial charge >= 0.3 is 6.03 Å². The van der Waals surface area contributed by atoms with Gasteiger partial charge < -0.3 is 15.3 Å². The van der Waals surface area contributed by atoms with Crippen LogP contribution in [-0.4, -0.2) is 88.2 Å². The number of amides is 6. The second kappa shape index (κ2) is 9.46. The van der Waals surface area contributed by atoms with Gasteiger partial charge in [0.15, 0.2) is 5.41 Å². The Balaban J connectivity index is 1.31. The fourth-order valence-electron chi connectivity index (χ4n) is 7.07. The Hall–Kier alpha value is -4.22. The number of aliphatic hydroxyl groups excluding tert-OH is 1. The molecule has 1 spiro atoms. The summed E-state index contributed by atoms with van der Waals surface area (Å²) >= 11 is 0. The van der Waals surface area contributed by atoms with Crippen LogP contribution in [0.25, 0.3) is 0 Å². The van der Waals surface area contributed by atoms with Crippen LogP contribution in [0.3, 0.4) is 0 Å². The number of aliphatic hydroxyl groups is 1. The largest absolute Gasteiger partial charge is 0.480 e. The number of fused-ring (bicyclic) bond motifs is 4. The van der Waals surface area contributed by atoms with Gasteiger partial charge in [-0.2, -0.15) is 4.99 Å². The second-order valence-electron chi connectivity index (χ2n) is 11.2. The van der Waals surface area contributed by atoms with Crippen molar-refractivity contribution in [2.45, 2.75) is 63.5 Å². The Kier molecular flexibility index (Phi) is 6.15. The molecule has 1 aromatic rings. The van der Waals surface area contributed by atoms with E-state index in [4.69, 9.17) is 0 Å². The molecule has 3 fully saturated rings. The Labute approximate surface area is 231 Å². The lowest BCUT2D eigenvalue weighted by molar-refractivity contribution is -0.159. The van der Waals surface area contributed by atoms with Gasteiger partial charge in [0.05, 0.1) is 6.04 Å². The summed E-state index contributed by atoms with van der Waals surface area (Å²) in [5, 5.41) is 13.3. The summed E-state index contributed by atoms with van der Waals surface area (Å²) in [6.45, 7) is 0.680. The zero-order chi connectivity index (χ0) is 28.3. The summed E-state index contributed by atoms with van der Waals surface area (Å²) in [6.07, 6.45) is 7.31. The molecule has 5 aliphatic rings. The van der Waals surface area contributed by atoms with Crippen LogP contribution in [0.2, 0.25) is 0 Å². The van der Waals surface area contributed by atoms with Crippen molar-refractivity contribution >= 4 is 47.1 Å². The van der Waals surface area contributed by atoms with Gasteiger partial charge in [-0.3, -0.25) is 33.9 Å². The van der Waals surface area contributed by atoms with Crippen molar-refractivity contribution in [1.29, 1.82) is 0 Å². The van der Waals surface area contributed by atoms with Gasteiger partial charge in [0, 0.05) is 44.3 Å². The van der Waals surface area contributed by atoms with E-state index in [9.17, 15) is 29.1 Å². The molecule has 2 N–H and O–H groups in total. The van der Waals surface area contributed by atoms with Crippen molar-refractivity contribution in [2.75, 3.05) is 30.9 Å². The van der Waals surface area contributed by atoms with E-state index < -0.39 is 41.1 Å². The predicted octanol–water partition coefficient (Wildman–Crippen LogP) is 2.16. The number of amidine groups is 1. The van der Waals surface area contributed by atoms with Crippen LogP contribution in [0.4, 0.5) is 16.2 Å². The summed E-state index contributed by atoms with van der Waals surface area (Å²) in [6, 6.07) is 3.76. The number of nitrogens with zero attached hydrogens (tertiary/aromatic N) is 5. The minimum atomic E-state index is -1.42. The molecule has 4 heterocycles. The fourth-order valence-corrected chi connectivity index (χ4v) is 7.07.